The standard InChI is InChI=1S/C15H16F10O4/c1-7(9(27)29-11(4,5)13(18,19)15(23,24)25)6-8(26)28-10(2,3)12(16,17)14(20,21)22/h1,6H2,2-5H3. The van der Waals surface area contributed by atoms with Crippen LogP contribution in [0.1, 0.15) is 34.1 Å². The van der Waals surface area contributed by atoms with Gasteiger partial charge >= 0.3 is 36.1 Å². The second-order valence-corrected chi connectivity index (χ2v) is 6.81. The van der Waals surface area contributed by atoms with Crippen LogP contribution >= 0.6 is 0 Å². The lowest BCUT2D eigenvalue weighted by Gasteiger charge is -2.35. The molecule has 0 aliphatic rings. The molecule has 0 fully saturated rings. The summed E-state index contributed by atoms with van der Waals surface area (Å²) in [5, 5.41) is 0. The van der Waals surface area contributed by atoms with Gasteiger partial charge in [-0.3, -0.25) is 4.79 Å². The maximum atomic E-state index is 13.3. The number of alkyl halides is 10. The lowest BCUT2D eigenvalue weighted by molar-refractivity contribution is -0.336. The average molecular weight is 450 g/mol. The zero-order valence-corrected chi connectivity index (χ0v) is 15.3. The summed E-state index contributed by atoms with van der Waals surface area (Å²) in [6.07, 6.45) is -13.6. The van der Waals surface area contributed by atoms with E-state index in [1.54, 1.807) is 0 Å². The van der Waals surface area contributed by atoms with Crippen molar-refractivity contribution in [1.82, 2.24) is 0 Å². The molecule has 0 atom stereocenters. The maximum Gasteiger partial charge on any atom is 0.457 e. The summed E-state index contributed by atoms with van der Waals surface area (Å²) in [6, 6.07) is 0. The van der Waals surface area contributed by atoms with Crippen LogP contribution in [0.15, 0.2) is 12.2 Å². The van der Waals surface area contributed by atoms with Gasteiger partial charge in [0.1, 0.15) is 0 Å². The van der Waals surface area contributed by atoms with Gasteiger partial charge in [0.25, 0.3) is 0 Å². The predicted octanol–water partition coefficient (Wildman–Crippen LogP) is 4.97. The highest BCUT2D eigenvalue weighted by molar-refractivity contribution is 5.93. The fourth-order valence-corrected chi connectivity index (χ4v) is 1.68. The van der Waals surface area contributed by atoms with Gasteiger partial charge in [0, 0.05) is 5.57 Å². The summed E-state index contributed by atoms with van der Waals surface area (Å²) in [6.45, 7) is 3.69. The molecule has 29 heavy (non-hydrogen) atoms. The number of ether oxygens (including phenoxy) is 2. The molecule has 0 aromatic rings. The van der Waals surface area contributed by atoms with E-state index in [0.29, 0.717) is 0 Å². The van der Waals surface area contributed by atoms with E-state index in [-0.39, 0.29) is 27.7 Å². The predicted molar refractivity (Wildman–Crippen MR) is 76.1 cm³/mol. The molecule has 4 nitrogen and oxygen atoms in total. The molecule has 0 aliphatic carbocycles. The van der Waals surface area contributed by atoms with E-state index in [2.05, 4.69) is 16.1 Å². The van der Waals surface area contributed by atoms with E-state index in [1.807, 2.05) is 0 Å². The largest absolute Gasteiger partial charge is 0.457 e. The van der Waals surface area contributed by atoms with Gasteiger partial charge in [-0.2, -0.15) is 43.9 Å². The second kappa shape index (κ2) is 7.67. The van der Waals surface area contributed by atoms with Crippen LogP contribution in [0.5, 0.6) is 0 Å². The van der Waals surface area contributed by atoms with Crippen molar-refractivity contribution in [2.45, 2.75) is 69.5 Å². The SMILES string of the molecule is C=C(CC(=O)OC(C)(C)C(F)(F)C(F)(F)F)C(=O)OC(C)(C)C(F)(F)C(F)(F)F. The Bertz CT molecular complexity index is 659. The Balaban J connectivity index is 5.23. The topological polar surface area (TPSA) is 52.6 Å². The van der Waals surface area contributed by atoms with E-state index < -0.39 is 59.3 Å². The minimum absolute atomic E-state index is 0.205. The van der Waals surface area contributed by atoms with Gasteiger partial charge in [0.2, 0.25) is 0 Å². The van der Waals surface area contributed by atoms with Crippen LogP contribution in [0.25, 0.3) is 0 Å². The highest BCUT2D eigenvalue weighted by Crippen LogP contribution is 2.46. The molecule has 14 heteroatoms. The van der Waals surface area contributed by atoms with Crippen LogP contribution < -0.4 is 0 Å². The Morgan fingerprint density at radius 3 is 1.31 bits per heavy atom. The quantitative estimate of drug-likeness (QED) is 0.312. The molecule has 0 aromatic heterocycles. The van der Waals surface area contributed by atoms with Gasteiger partial charge in [-0.15, -0.1) is 0 Å². The summed E-state index contributed by atoms with van der Waals surface area (Å²) in [7, 11) is 0. The minimum Gasteiger partial charge on any atom is -0.453 e. The maximum absolute atomic E-state index is 13.3. The van der Waals surface area contributed by atoms with Gasteiger partial charge in [-0.05, 0) is 27.7 Å². The van der Waals surface area contributed by atoms with Gasteiger partial charge in [0.15, 0.2) is 11.2 Å². The third-order valence-electron chi connectivity index (χ3n) is 3.59. The van der Waals surface area contributed by atoms with Crippen LogP contribution in [0.4, 0.5) is 43.9 Å². The Labute approximate surface area is 157 Å². The van der Waals surface area contributed by atoms with Crippen molar-refractivity contribution < 1.29 is 63.0 Å². The smallest absolute Gasteiger partial charge is 0.453 e. The summed E-state index contributed by atoms with van der Waals surface area (Å²) in [5.41, 5.74) is -8.01. The molecule has 0 spiro atoms. The van der Waals surface area contributed by atoms with Gasteiger partial charge in [-0.1, -0.05) is 6.58 Å². The van der Waals surface area contributed by atoms with Crippen LogP contribution in [0, 0.1) is 0 Å². The Morgan fingerprint density at radius 1 is 0.690 bits per heavy atom. The number of halogens is 10. The van der Waals surface area contributed by atoms with Crippen molar-refractivity contribution in [2.24, 2.45) is 0 Å². The van der Waals surface area contributed by atoms with Crippen molar-refractivity contribution in [2.75, 3.05) is 0 Å². The molecule has 0 saturated heterocycles. The molecule has 0 amide bonds. The Kier molecular flexibility index (Phi) is 7.13. The third-order valence-corrected chi connectivity index (χ3v) is 3.59. The summed E-state index contributed by atoms with van der Waals surface area (Å²) in [4.78, 5) is 23.2. The van der Waals surface area contributed by atoms with Crippen LogP contribution in [-0.4, -0.2) is 47.3 Å². The number of esters is 2. The van der Waals surface area contributed by atoms with Crippen molar-refractivity contribution in [3.63, 3.8) is 0 Å². The van der Waals surface area contributed by atoms with Crippen molar-refractivity contribution >= 4 is 11.9 Å². The van der Waals surface area contributed by atoms with Gasteiger partial charge in [0.05, 0.1) is 6.42 Å². The zero-order valence-electron chi connectivity index (χ0n) is 15.3. The summed E-state index contributed by atoms with van der Waals surface area (Å²) in [5.74, 6) is -14.8. The first-order valence-corrected chi connectivity index (χ1v) is 7.43. The highest BCUT2D eigenvalue weighted by atomic mass is 19.4. The molecular formula is C15H16F10O4. The molecule has 0 heterocycles. The molecule has 0 N–H and O–H groups in total. The average Bonchev–Trinajstić information content (AvgIpc) is 2.42. The number of hydrogen-bond donors (Lipinski definition) is 0. The number of rotatable bonds is 7. The second-order valence-electron chi connectivity index (χ2n) is 6.81. The molecule has 0 rings (SSSR count). The van der Waals surface area contributed by atoms with E-state index in [1.165, 1.54) is 0 Å². The van der Waals surface area contributed by atoms with E-state index in [9.17, 15) is 53.5 Å². The molecule has 0 bridgehead atoms. The first-order chi connectivity index (χ1) is 12.4. The summed E-state index contributed by atoms with van der Waals surface area (Å²) >= 11 is 0. The lowest BCUT2D eigenvalue weighted by atomic mass is 9.99. The minimum atomic E-state index is -6.11. The lowest BCUT2D eigenvalue weighted by Crippen LogP contribution is -2.56. The van der Waals surface area contributed by atoms with Gasteiger partial charge in [-0.25, -0.2) is 4.79 Å². The van der Waals surface area contributed by atoms with Crippen molar-refractivity contribution in [3.05, 3.63) is 12.2 Å². The Morgan fingerprint density at radius 2 is 1.00 bits per heavy atom. The van der Waals surface area contributed by atoms with Crippen LogP contribution in [-0.2, 0) is 19.1 Å². The third kappa shape index (κ3) is 5.53. The fourth-order valence-electron chi connectivity index (χ4n) is 1.68. The number of hydrogen-bond acceptors (Lipinski definition) is 4. The van der Waals surface area contributed by atoms with Crippen molar-refractivity contribution in [1.29, 1.82) is 0 Å². The molecule has 170 valence electrons. The van der Waals surface area contributed by atoms with E-state index >= 15 is 0 Å². The molecule has 0 aliphatic heterocycles. The van der Waals surface area contributed by atoms with Gasteiger partial charge < -0.3 is 9.47 Å². The highest BCUT2D eigenvalue weighted by Gasteiger charge is 2.69. The number of carbonyl (C=O) groups excluding carboxylic acids is 2. The van der Waals surface area contributed by atoms with Crippen LogP contribution in [0.3, 0.4) is 0 Å². The first-order valence-electron chi connectivity index (χ1n) is 7.43. The number of carbonyl (C=O) groups is 2. The van der Waals surface area contributed by atoms with Crippen molar-refractivity contribution in [3.8, 4) is 0 Å². The molecule has 0 radical (unpaired) electrons. The molecule has 0 unspecified atom stereocenters. The first kappa shape index (κ1) is 27.0. The molecule has 0 saturated carbocycles. The van der Waals surface area contributed by atoms with E-state index in [0.717, 1.165) is 0 Å². The molecule has 0 aromatic carbocycles. The zero-order chi connectivity index (χ0) is 23.9. The monoisotopic (exact) mass is 450 g/mol. The Hall–Kier alpha value is -2.02. The fraction of sp³-hybridized carbons (Fsp3) is 0.733. The molecular weight excluding hydrogens is 434 g/mol. The van der Waals surface area contributed by atoms with E-state index in [4.69, 9.17) is 0 Å². The normalized spacial score (nSPS) is 14.4. The summed E-state index contributed by atoms with van der Waals surface area (Å²) < 4.78 is 136. The van der Waals surface area contributed by atoms with Crippen LogP contribution in [0.2, 0.25) is 0 Å².